The lowest BCUT2D eigenvalue weighted by Crippen LogP contribution is -1.92. The van der Waals surface area contributed by atoms with Crippen molar-refractivity contribution in [3.8, 4) is 33.6 Å². The zero-order valence-corrected chi connectivity index (χ0v) is 16.4. The number of aromatic nitrogens is 3. The van der Waals surface area contributed by atoms with Gasteiger partial charge in [-0.05, 0) is 23.3 Å². The first kappa shape index (κ1) is 18.8. The average molecular weight is 407 g/mol. The van der Waals surface area contributed by atoms with Gasteiger partial charge in [0.1, 0.15) is 12.3 Å². The van der Waals surface area contributed by atoms with Crippen molar-refractivity contribution in [2.75, 3.05) is 0 Å². The third-order valence-electron chi connectivity index (χ3n) is 5.18. The predicted octanol–water partition coefficient (Wildman–Crippen LogP) is 4.92. The van der Waals surface area contributed by atoms with Gasteiger partial charge in [0, 0.05) is 40.5 Å². The average Bonchev–Trinajstić information content (AvgIpc) is 3.33. The summed E-state index contributed by atoms with van der Waals surface area (Å²) in [5.41, 5.74) is 6.72. The van der Waals surface area contributed by atoms with Gasteiger partial charge in [-0.2, -0.15) is 0 Å². The summed E-state index contributed by atoms with van der Waals surface area (Å²) in [6.07, 6.45) is 4.17. The van der Waals surface area contributed by atoms with Crippen molar-refractivity contribution in [3.05, 3.63) is 90.4 Å². The molecular formula is C25H17N3O3. The Morgan fingerprint density at radius 2 is 1.48 bits per heavy atom. The van der Waals surface area contributed by atoms with E-state index in [0.717, 1.165) is 45.1 Å². The highest BCUT2D eigenvalue weighted by molar-refractivity contribution is 5.97. The third-order valence-corrected chi connectivity index (χ3v) is 5.18. The van der Waals surface area contributed by atoms with Crippen LogP contribution < -0.4 is 0 Å². The van der Waals surface area contributed by atoms with E-state index in [1.807, 2.05) is 48.5 Å². The molecule has 0 bridgehead atoms. The zero-order chi connectivity index (χ0) is 21.2. The number of fused-ring (bicyclic) bond motifs is 1. The topological polar surface area (TPSA) is 89.1 Å². The highest BCUT2D eigenvalue weighted by Crippen LogP contribution is 2.28. The largest absolute Gasteiger partial charge is 0.388 e. The molecule has 0 atom stereocenters. The molecule has 0 saturated carbocycles. The van der Waals surface area contributed by atoms with Crippen LogP contribution in [0, 0.1) is 0 Å². The second-order valence-electron chi connectivity index (χ2n) is 7.10. The van der Waals surface area contributed by atoms with E-state index in [-0.39, 0.29) is 6.61 Å². The number of aliphatic hydroxyl groups excluding tert-OH is 1. The van der Waals surface area contributed by atoms with Crippen LogP contribution >= 0.6 is 0 Å². The van der Waals surface area contributed by atoms with Crippen LogP contribution in [0.4, 0.5) is 0 Å². The molecule has 150 valence electrons. The SMILES string of the molecule is O=Cc1cc(-c2ccc(-c3ccc(-c4cc(CO)on4)cc3)cc2)nc2ccncc12. The molecule has 0 unspecified atom stereocenters. The summed E-state index contributed by atoms with van der Waals surface area (Å²) in [5.74, 6) is 0.436. The van der Waals surface area contributed by atoms with Crippen LogP contribution in [0.5, 0.6) is 0 Å². The molecule has 0 fully saturated rings. The van der Waals surface area contributed by atoms with Crippen LogP contribution in [0.15, 0.2) is 83.6 Å². The Balaban J connectivity index is 1.44. The number of hydrogen-bond donors (Lipinski definition) is 1. The number of carbonyl (C=O) groups is 1. The van der Waals surface area contributed by atoms with E-state index in [1.54, 1.807) is 30.6 Å². The molecule has 3 aromatic heterocycles. The molecule has 5 aromatic rings. The minimum Gasteiger partial charge on any atom is -0.388 e. The van der Waals surface area contributed by atoms with E-state index < -0.39 is 0 Å². The van der Waals surface area contributed by atoms with Gasteiger partial charge in [-0.25, -0.2) is 4.98 Å². The van der Waals surface area contributed by atoms with Gasteiger partial charge in [-0.3, -0.25) is 9.78 Å². The number of rotatable bonds is 5. The monoisotopic (exact) mass is 407 g/mol. The van der Waals surface area contributed by atoms with Crippen molar-refractivity contribution >= 4 is 17.2 Å². The van der Waals surface area contributed by atoms with Crippen molar-refractivity contribution in [1.29, 1.82) is 0 Å². The number of pyridine rings is 2. The van der Waals surface area contributed by atoms with Gasteiger partial charge >= 0.3 is 0 Å². The fraction of sp³-hybridized carbons (Fsp3) is 0.0400. The van der Waals surface area contributed by atoms with Crippen molar-refractivity contribution in [1.82, 2.24) is 15.1 Å². The Hall–Kier alpha value is -4.16. The Morgan fingerprint density at radius 1 is 0.839 bits per heavy atom. The van der Waals surface area contributed by atoms with E-state index in [9.17, 15) is 4.79 Å². The van der Waals surface area contributed by atoms with Gasteiger partial charge in [0.25, 0.3) is 0 Å². The van der Waals surface area contributed by atoms with Crippen molar-refractivity contribution in [2.45, 2.75) is 6.61 Å². The van der Waals surface area contributed by atoms with Gasteiger partial charge in [-0.15, -0.1) is 0 Å². The number of aldehydes is 1. The van der Waals surface area contributed by atoms with Crippen LogP contribution in [-0.2, 0) is 6.61 Å². The summed E-state index contributed by atoms with van der Waals surface area (Å²) in [7, 11) is 0. The fourth-order valence-corrected chi connectivity index (χ4v) is 3.53. The molecule has 0 amide bonds. The molecule has 0 radical (unpaired) electrons. The summed E-state index contributed by atoms with van der Waals surface area (Å²) < 4.78 is 5.05. The van der Waals surface area contributed by atoms with E-state index in [2.05, 4.69) is 15.1 Å². The molecule has 1 N–H and O–H groups in total. The first-order valence-corrected chi connectivity index (χ1v) is 9.73. The molecule has 3 heterocycles. The minimum absolute atomic E-state index is 0.172. The van der Waals surface area contributed by atoms with Crippen molar-refractivity contribution in [2.24, 2.45) is 0 Å². The van der Waals surface area contributed by atoms with Crippen molar-refractivity contribution in [3.63, 3.8) is 0 Å². The zero-order valence-electron chi connectivity index (χ0n) is 16.4. The quantitative estimate of drug-likeness (QED) is 0.416. The summed E-state index contributed by atoms with van der Waals surface area (Å²) >= 11 is 0. The maximum atomic E-state index is 11.5. The molecule has 0 saturated heterocycles. The van der Waals surface area contributed by atoms with Crippen LogP contribution in [0.3, 0.4) is 0 Å². The molecule has 31 heavy (non-hydrogen) atoms. The van der Waals surface area contributed by atoms with Crippen LogP contribution in [-0.4, -0.2) is 26.5 Å². The van der Waals surface area contributed by atoms with Crippen LogP contribution in [0.1, 0.15) is 16.1 Å². The molecule has 6 heteroatoms. The molecular weight excluding hydrogens is 390 g/mol. The Bertz CT molecular complexity index is 1370. The molecule has 6 nitrogen and oxygen atoms in total. The summed E-state index contributed by atoms with van der Waals surface area (Å²) in [4.78, 5) is 20.3. The van der Waals surface area contributed by atoms with E-state index in [1.165, 1.54) is 0 Å². The second kappa shape index (κ2) is 7.93. The lowest BCUT2D eigenvalue weighted by atomic mass is 10.00. The summed E-state index contributed by atoms with van der Waals surface area (Å²) in [6, 6.07) is 21.4. The van der Waals surface area contributed by atoms with Gasteiger partial charge in [0.15, 0.2) is 12.0 Å². The number of carbonyl (C=O) groups excluding carboxylic acids is 1. The summed E-state index contributed by atoms with van der Waals surface area (Å²) in [5, 5.41) is 13.8. The van der Waals surface area contributed by atoms with E-state index >= 15 is 0 Å². The van der Waals surface area contributed by atoms with Gasteiger partial charge in [0.05, 0.1) is 11.2 Å². The number of hydrogen-bond acceptors (Lipinski definition) is 6. The number of nitrogens with zero attached hydrogens (tertiary/aromatic N) is 3. The van der Waals surface area contributed by atoms with Gasteiger partial charge in [-0.1, -0.05) is 53.7 Å². The molecule has 0 spiro atoms. The second-order valence-corrected chi connectivity index (χ2v) is 7.10. The number of aliphatic hydroxyl groups is 1. The molecule has 0 aliphatic heterocycles. The fourth-order valence-electron chi connectivity index (χ4n) is 3.53. The first-order valence-electron chi connectivity index (χ1n) is 9.73. The third kappa shape index (κ3) is 3.60. The lowest BCUT2D eigenvalue weighted by molar-refractivity contribution is 0.112. The first-order chi connectivity index (χ1) is 15.2. The van der Waals surface area contributed by atoms with Crippen molar-refractivity contribution < 1.29 is 14.4 Å². The maximum absolute atomic E-state index is 11.5. The summed E-state index contributed by atoms with van der Waals surface area (Å²) in [6.45, 7) is -0.172. The molecule has 0 aliphatic carbocycles. The predicted molar refractivity (Wildman–Crippen MR) is 117 cm³/mol. The highest BCUT2D eigenvalue weighted by Gasteiger charge is 2.09. The molecule has 5 rings (SSSR count). The minimum atomic E-state index is -0.172. The molecule has 0 aliphatic rings. The maximum Gasteiger partial charge on any atom is 0.162 e. The van der Waals surface area contributed by atoms with Gasteiger partial charge in [0.2, 0.25) is 0 Å². The smallest absolute Gasteiger partial charge is 0.162 e. The number of benzene rings is 2. The Morgan fingerprint density at radius 3 is 2.10 bits per heavy atom. The Labute approximate surface area is 177 Å². The molecule has 2 aromatic carbocycles. The standard InChI is InChI=1S/C25H17N3O3/c29-14-20-11-24(27-23-9-10-26-13-22(20)23)18-5-1-16(2-6-18)17-3-7-19(8-4-17)25-12-21(15-30)31-28-25/h1-14,30H,15H2. The van der Waals surface area contributed by atoms with E-state index in [0.29, 0.717) is 17.0 Å². The van der Waals surface area contributed by atoms with E-state index in [4.69, 9.17) is 9.63 Å². The highest BCUT2D eigenvalue weighted by atomic mass is 16.5. The lowest BCUT2D eigenvalue weighted by Gasteiger charge is -2.08. The van der Waals surface area contributed by atoms with Crippen LogP contribution in [0.25, 0.3) is 44.5 Å². The normalized spacial score (nSPS) is 11.0. The van der Waals surface area contributed by atoms with Crippen LogP contribution in [0.2, 0.25) is 0 Å². The Kier molecular flexibility index (Phi) is 4.82. The van der Waals surface area contributed by atoms with Gasteiger partial charge < -0.3 is 9.63 Å².